The van der Waals surface area contributed by atoms with Gasteiger partial charge in [0, 0.05) is 11.9 Å². The number of rotatable bonds is 7. The Morgan fingerprint density at radius 2 is 1.68 bits per heavy atom. The zero-order chi connectivity index (χ0) is 22.3. The number of aromatic nitrogens is 1. The number of amides is 1. The second kappa shape index (κ2) is 9.61. The lowest BCUT2D eigenvalue weighted by Crippen LogP contribution is -2.21. The number of benzene rings is 2. The average molecular weight is 432 g/mol. The van der Waals surface area contributed by atoms with Gasteiger partial charge >= 0.3 is 12.3 Å². The Kier molecular flexibility index (Phi) is 6.71. The van der Waals surface area contributed by atoms with Crippen LogP contribution in [0.25, 0.3) is 0 Å². The molecule has 0 saturated heterocycles. The van der Waals surface area contributed by atoms with E-state index >= 15 is 0 Å². The van der Waals surface area contributed by atoms with Crippen LogP contribution in [0.3, 0.4) is 0 Å². The van der Waals surface area contributed by atoms with Gasteiger partial charge in [-0.15, -0.1) is 13.2 Å². The molecule has 0 aliphatic carbocycles. The van der Waals surface area contributed by atoms with E-state index in [2.05, 4.69) is 15.0 Å². The molecule has 1 amide bonds. The highest BCUT2D eigenvalue weighted by atomic mass is 19.4. The number of para-hydroxylation sites is 1. The number of pyridine rings is 1. The Morgan fingerprint density at radius 1 is 0.935 bits per heavy atom. The van der Waals surface area contributed by atoms with Gasteiger partial charge in [-0.2, -0.15) is 0 Å². The van der Waals surface area contributed by atoms with Crippen molar-refractivity contribution in [3.8, 4) is 17.2 Å². The van der Waals surface area contributed by atoms with Crippen molar-refractivity contribution < 1.29 is 37.0 Å². The smallest absolute Gasteiger partial charge is 0.455 e. The molecule has 0 fully saturated rings. The van der Waals surface area contributed by atoms with E-state index in [4.69, 9.17) is 9.47 Å². The molecule has 7 nitrogen and oxygen atoms in total. The van der Waals surface area contributed by atoms with E-state index < -0.39 is 30.6 Å². The number of esters is 1. The van der Waals surface area contributed by atoms with Crippen molar-refractivity contribution in [3.63, 3.8) is 0 Å². The summed E-state index contributed by atoms with van der Waals surface area (Å²) in [5, 5.41) is 2.40. The monoisotopic (exact) mass is 432 g/mol. The summed E-state index contributed by atoms with van der Waals surface area (Å²) in [5.41, 5.74) is 0.309. The molecule has 3 rings (SSSR count). The molecule has 160 valence electrons. The minimum Gasteiger partial charge on any atom is -0.455 e. The number of anilines is 1. The van der Waals surface area contributed by atoms with E-state index in [0.717, 1.165) is 12.1 Å². The van der Waals surface area contributed by atoms with Crippen LogP contribution in [-0.4, -0.2) is 29.8 Å². The van der Waals surface area contributed by atoms with Gasteiger partial charge in [0.1, 0.15) is 22.8 Å². The lowest BCUT2D eigenvalue weighted by molar-refractivity contribution is -0.274. The molecule has 0 aliphatic heterocycles. The maximum Gasteiger partial charge on any atom is 0.573 e. The number of carbonyl (C=O) groups is 2. The van der Waals surface area contributed by atoms with Crippen molar-refractivity contribution in [2.24, 2.45) is 0 Å². The number of halogens is 3. The second-order valence-corrected chi connectivity index (χ2v) is 5.98. The van der Waals surface area contributed by atoms with Gasteiger partial charge in [-0.3, -0.25) is 9.78 Å². The molecule has 31 heavy (non-hydrogen) atoms. The molecular weight excluding hydrogens is 417 g/mol. The molecule has 0 saturated carbocycles. The third-order valence-electron chi connectivity index (χ3n) is 3.68. The van der Waals surface area contributed by atoms with Crippen molar-refractivity contribution in [2.45, 2.75) is 6.36 Å². The molecule has 0 aliphatic rings. The van der Waals surface area contributed by atoms with Crippen molar-refractivity contribution in [1.29, 1.82) is 0 Å². The first-order valence-corrected chi connectivity index (χ1v) is 8.80. The highest BCUT2D eigenvalue weighted by molar-refractivity contribution is 5.96. The summed E-state index contributed by atoms with van der Waals surface area (Å²) in [6.45, 7) is -0.610. The summed E-state index contributed by atoms with van der Waals surface area (Å²) in [5.74, 6) is -1.26. The molecular formula is C21H15F3N2O5. The van der Waals surface area contributed by atoms with Crippen LogP contribution in [0.15, 0.2) is 73.1 Å². The average Bonchev–Trinajstić information content (AvgIpc) is 2.73. The molecule has 1 aromatic heterocycles. The Labute approximate surface area is 174 Å². The van der Waals surface area contributed by atoms with Gasteiger partial charge in [0.2, 0.25) is 0 Å². The van der Waals surface area contributed by atoms with Gasteiger partial charge in [-0.1, -0.05) is 12.1 Å². The van der Waals surface area contributed by atoms with Crippen LogP contribution < -0.4 is 14.8 Å². The molecule has 1 heterocycles. The Morgan fingerprint density at radius 3 is 2.35 bits per heavy atom. The first-order chi connectivity index (χ1) is 14.8. The molecule has 3 aromatic rings. The molecule has 0 bridgehead atoms. The first kappa shape index (κ1) is 21.6. The fraction of sp³-hybridized carbons (Fsp3) is 0.0952. The van der Waals surface area contributed by atoms with E-state index in [1.807, 2.05) is 0 Å². The Balaban J connectivity index is 1.55. The SMILES string of the molecule is O=C(COC(=O)c1ccccc1Oc1cccnc1)Nc1ccc(OC(F)(F)F)cc1. The second-order valence-electron chi connectivity index (χ2n) is 5.98. The molecule has 10 heteroatoms. The zero-order valence-corrected chi connectivity index (χ0v) is 15.8. The largest absolute Gasteiger partial charge is 0.573 e. The molecule has 0 radical (unpaired) electrons. The number of alkyl halides is 3. The number of nitrogens with zero attached hydrogens (tertiary/aromatic N) is 1. The van der Waals surface area contributed by atoms with Gasteiger partial charge in [0.25, 0.3) is 5.91 Å². The van der Waals surface area contributed by atoms with Crippen molar-refractivity contribution in [1.82, 2.24) is 4.98 Å². The summed E-state index contributed by atoms with van der Waals surface area (Å²) in [4.78, 5) is 28.3. The third-order valence-corrected chi connectivity index (χ3v) is 3.68. The maximum absolute atomic E-state index is 12.4. The van der Waals surface area contributed by atoms with Crippen LogP contribution in [0.1, 0.15) is 10.4 Å². The van der Waals surface area contributed by atoms with Crippen molar-refractivity contribution in [2.75, 3.05) is 11.9 Å². The van der Waals surface area contributed by atoms with Crippen molar-refractivity contribution in [3.05, 3.63) is 78.6 Å². The third kappa shape index (κ3) is 6.74. The lowest BCUT2D eigenvalue weighted by Gasteiger charge is -2.11. The van der Waals surface area contributed by atoms with Crippen LogP contribution >= 0.6 is 0 Å². The summed E-state index contributed by atoms with van der Waals surface area (Å²) in [6.07, 6.45) is -1.76. The highest BCUT2D eigenvalue weighted by Gasteiger charge is 2.31. The predicted molar refractivity (Wildman–Crippen MR) is 103 cm³/mol. The van der Waals surface area contributed by atoms with E-state index in [-0.39, 0.29) is 17.0 Å². The maximum atomic E-state index is 12.4. The van der Waals surface area contributed by atoms with Crippen LogP contribution in [0.2, 0.25) is 0 Å². The summed E-state index contributed by atoms with van der Waals surface area (Å²) >= 11 is 0. The number of nitrogens with one attached hydrogen (secondary N) is 1. The Bertz CT molecular complexity index is 1040. The lowest BCUT2D eigenvalue weighted by atomic mass is 10.2. The van der Waals surface area contributed by atoms with Crippen LogP contribution in [0.4, 0.5) is 18.9 Å². The summed E-state index contributed by atoms with van der Waals surface area (Å²) in [6, 6.07) is 14.2. The van der Waals surface area contributed by atoms with Crippen LogP contribution in [0, 0.1) is 0 Å². The highest BCUT2D eigenvalue weighted by Crippen LogP contribution is 2.26. The number of ether oxygens (including phenoxy) is 3. The number of carbonyl (C=O) groups excluding carboxylic acids is 2. The van der Waals surface area contributed by atoms with Crippen LogP contribution in [0.5, 0.6) is 17.2 Å². The van der Waals surface area contributed by atoms with Gasteiger partial charge in [-0.25, -0.2) is 4.79 Å². The minimum atomic E-state index is -4.81. The van der Waals surface area contributed by atoms with Gasteiger partial charge < -0.3 is 19.5 Å². The molecule has 1 N–H and O–H groups in total. The summed E-state index contributed by atoms with van der Waals surface area (Å²) in [7, 11) is 0. The molecule has 0 spiro atoms. The van der Waals surface area contributed by atoms with Gasteiger partial charge in [-0.05, 0) is 48.5 Å². The summed E-state index contributed by atoms with van der Waals surface area (Å²) < 4.78 is 50.9. The predicted octanol–water partition coefficient (Wildman–Crippen LogP) is 4.57. The van der Waals surface area contributed by atoms with E-state index in [1.54, 1.807) is 36.5 Å². The quantitative estimate of drug-likeness (QED) is 0.551. The number of hydrogen-bond acceptors (Lipinski definition) is 6. The molecule has 0 unspecified atom stereocenters. The Hall–Kier alpha value is -4.08. The van der Waals surface area contributed by atoms with Gasteiger partial charge in [0.05, 0.1) is 6.20 Å². The normalized spacial score (nSPS) is 10.8. The zero-order valence-electron chi connectivity index (χ0n) is 15.8. The fourth-order valence-corrected chi connectivity index (χ4v) is 2.40. The fourth-order valence-electron chi connectivity index (χ4n) is 2.40. The van der Waals surface area contributed by atoms with E-state index in [0.29, 0.717) is 5.75 Å². The molecule has 0 atom stereocenters. The minimum absolute atomic E-state index is 0.104. The number of hydrogen-bond donors (Lipinski definition) is 1. The first-order valence-electron chi connectivity index (χ1n) is 8.80. The molecule has 2 aromatic carbocycles. The van der Waals surface area contributed by atoms with Gasteiger partial charge in [0.15, 0.2) is 6.61 Å². The van der Waals surface area contributed by atoms with E-state index in [1.165, 1.54) is 24.4 Å². The topological polar surface area (TPSA) is 86.8 Å². The van der Waals surface area contributed by atoms with Crippen LogP contribution in [-0.2, 0) is 9.53 Å². The van der Waals surface area contributed by atoms with E-state index in [9.17, 15) is 22.8 Å². The van der Waals surface area contributed by atoms with Crippen molar-refractivity contribution >= 4 is 17.6 Å². The standard InChI is InChI=1S/C21H15F3N2O5/c22-21(23,24)31-15-9-7-14(8-10-15)26-19(27)13-29-20(28)17-5-1-2-6-18(17)30-16-4-3-11-25-12-16/h1-12H,13H2,(H,26,27).